The highest BCUT2D eigenvalue weighted by atomic mass is 19.4. The monoisotopic (exact) mass is 394 g/mol. The molecule has 0 aliphatic carbocycles. The Morgan fingerprint density at radius 2 is 1.64 bits per heavy atom. The number of rotatable bonds is 5. The number of methoxy groups -OCH3 is 1. The Morgan fingerprint density at radius 3 is 2.18 bits per heavy atom. The summed E-state index contributed by atoms with van der Waals surface area (Å²) in [4.78, 5) is 40.9. The highest BCUT2D eigenvalue weighted by Crippen LogP contribution is 2.32. The molecule has 3 rings (SSSR count). The Morgan fingerprint density at radius 1 is 1.04 bits per heavy atom. The van der Waals surface area contributed by atoms with Crippen molar-refractivity contribution in [3.05, 3.63) is 65.2 Å². The molecule has 0 fully saturated rings. The van der Waals surface area contributed by atoms with Crippen LogP contribution in [0.25, 0.3) is 0 Å². The summed E-state index contributed by atoms with van der Waals surface area (Å²) in [6, 6.07) is 11.8. The summed E-state index contributed by atoms with van der Waals surface area (Å²) in [5.74, 6) is -3.54. The average Bonchev–Trinajstić information content (AvgIpc) is 2.92. The number of ether oxygens (including phenoxy) is 1. The molecule has 1 N–H and O–H groups in total. The molecule has 7 nitrogen and oxygen atoms in total. The van der Waals surface area contributed by atoms with E-state index in [0.29, 0.717) is 0 Å². The van der Waals surface area contributed by atoms with Crippen LogP contribution in [0.4, 0.5) is 18.9 Å². The first-order valence-electron chi connectivity index (χ1n) is 7.87. The number of alkyl halides is 3. The van der Waals surface area contributed by atoms with Gasteiger partial charge in [-0.3, -0.25) is 9.59 Å². The summed E-state index contributed by atoms with van der Waals surface area (Å²) in [5, 5.41) is 0. The molecular formula is C18H13F3N2O5. The lowest BCUT2D eigenvalue weighted by atomic mass is 10.1. The first kappa shape index (κ1) is 19.4. The molecule has 1 atom stereocenters. The van der Waals surface area contributed by atoms with E-state index in [-0.39, 0.29) is 22.4 Å². The molecule has 1 aliphatic rings. The Hall–Kier alpha value is -3.40. The van der Waals surface area contributed by atoms with Crippen molar-refractivity contribution in [2.45, 2.75) is 12.4 Å². The van der Waals surface area contributed by atoms with Crippen LogP contribution in [0.5, 0.6) is 0 Å². The van der Waals surface area contributed by atoms with Crippen LogP contribution < -0.4 is 5.48 Å². The first-order valence-corrected chi connectivity index (χ1v) is 7.87. The van der Waals surface area contributed by atoms with E-state index >= 15 is 0 Å². The van der Waals surface area contributed by atoms with Crippen LogP contribution in [-0.4, -0.2) is 36.0 Å². The standard InChI is InChI=1S/C18H13F3N2O5/c1-27-16(23-14(24)12-7-2-3-8-13(12)15(23)25)10-5-4-6-11(9-10)22-28-17(26)18(19,20)21/h2-9,16,22H,1H3. The summed E-state index contributed by atoms with van der Waals surface area (Å²) in [6.07, 6.45) is -6.28. The van der Waals surface area contributed by atoms with Gasteiger partial charge in [-0.2, -0.15) is 13.2 Å². The molecule has 0 spiro atoms. The maximum Gasteiger partial charge on any atom is 0.493 e. The molecule has 0 aromatic heterocycles. The Bertz CT molecular complexity index is 910. The molecule has 0 saturated carbocycles. The van der Waals surface area contributed by atoms with Crippen molar-refractivity contribution in [2.75, 3.05) is 12.6 Å². The lowest BCUT2D eigenvalue weighted by molar-refractivity contribution is -0.196. The second-order valence-electron chi connectivity index (χ2n) is 5.73. The molecule has 2 aromatic rings. The van der Waals surface area contributed by atoms with Gasteiger partial charge >= 0.3 is 12.1 Å². The van der Waals surface area contributed by atoms with Gasteiger partial charge < -0.3 is 9.57 Å². The minimum atomic E-state index is -5.15. The van der Waals surface area contributed by atoms with Gasteiger partial charge in [-0.05, 0) is 24.3 Å². The number of hydrogen-bond acceptors (Lipinski definition) is 6. The molecule has 28 heavy (non-hydrogen) atoms. The van der Waals surface area contributed by atoms with Crippen molar-refractivity contribution in [2.24, 2.45) is 0 Å². The zero-order valence-corrected chi connectivity index (χ0v) is 14.3. The van der Waals surface area contributed by atoms with Crippen LogP contribution in [0, 0.1) is 0 Å². The van der Waals surface area contributed by atoms with Crippen LogP contribution in [0.2, 0.25) is 0 Å². The number of fused-ring (bicyclic) bond motifs is 1. The maximum atomic E-state index is 12.6. The number of nitrogens with one attached hydrogen (secondary N) is 1. The van der Waals surface area contributed by atoms with Gasteiger partial charge in [-0.25, -0.2) is 15.2 Å². The average molecular weight is 394 g/mol. The summed E-state index contributed by atoms with van der Waals surface area (Å²) in [7, 11) is 1.28. The predicted octanol–water partition coefficient (Wildman–Crippen LogP) is 3.06. The molecule has 10 heteroatoms. The van der Waals surface area contributed by atoms with Crippen LogP contribution in [0.3, 0.4) is 0 Å². The fourth-order valence-electron chi connectivity index (χ4n) is 2.73. The third-order valence-electron chi connectivity index (χ3n) is 3.95. The fourth-order valence-corrected chi connectivity index (χ4v) is 2.73. The molecular weight excluding hydrogens is 381 g/mol. The summed E-state index contributed by atoms with van der Waals surface area (Å²) < 4.78 is 42.0. The predicted molar refractivity (Wildman–Crippen MR) is 88.9 cm³/mol. The molecule has 0 bridgehead atoms. The van der Waals surface area contributed by atoms with Crippen LogP contribution >= 0.6 is 0 Å². The van der Waals surface area contributed by atoms with Crippen LogP contribution in [-0.2, 0) is 14.4 Å². The number of nitrogens with zero attached hydrogens (tertiary/aromatic N) is 1. The smallest absolute Gasteiger partial charge is 0.357 e. The molecule has 0 radical (unpaired) electrons. The maximum absolute atomic E-state index is 12.6. The summed E-state index contributed by atoms with van der Waals surface area (Å²) in [5.41, 5.74) is 2.61. The van der Waals surface area contributed by atoms with Crippen LogP contribution in [0.1, 0.15) is 32.5 Å². The van der Waals surface area contributed by atoms with Crippen molar-refractivity contribution in [3.63, 3.8) is 0 Å². The Labute approximate surface area is 156 Å². The second kappa shape index (κ2) is 7.31. The molecule has 146 valence electrons. The van der Waals surface area contributed by atoms with E-state index in [0.717, 1.165) is 4.90 Å². The van der Waals surface area contributed by atoms with Crippen molar-refractivity contribution in [1.82, 2.24) is 4.90 Å². The topological polar surface area (TPSA) is 84.9 Å². The molecule has 1 unspecified atom stereocenters. The number of hydrogen-bond donors (Lipinski definition) is 1. The van der Waals surface area contributed by atoms with Crippen molar-refractivity contribution in [3.8, 4) is 0 Å². The normalized spacial score (nSPS) is 14.6. The molecule has 0 saturated heterocycles. The minimum absolute atomic E-state index is 0.00578. The quantitative estimate of drug-likeness (QED) is 0.620. The first-order chi connectivity index (χ1) is 13.2. The number of imide groups is 1. The van der Waals surface area contributed by atoms with E-state index in [9.17, 15) is 27.6 Å². The zero-order chi connectivity index (χ0) is 20.5. The van der Waals surface area contributed by atoms with Crippen molar-refractivity contribution >= 4 is 23.5 Å². The van der Waals surface area contributed by atoms with Gasteiger partial charge in [0.2, 0.25) is 0 Å². The van der Waals surface area contributed by atoms with E-state index in [4.69, 9.17) is 4.74 Å². The SMILES string of the molecule is COC(c1cccc(NOC(=O)C(F)(F)F)c1)N1C(=O)c2ccccc2C1=O. The summed E-state index contributed by atoms with van der Waals surface area (Å²) >= 11 is 0. The van der Waals surface area contributed by atoms with E-state index in [1.165, 1.54) is 43.5 Å². The number of amides is 2. The Kier molecular flexibility index (Phi) is 5.06. The van der Waals surface area contributed by atoms with Gasteiger partial charge in [0.15, 0.2) is 6.23 Å². The van der Waals surface area contributed by atoms with E-state index in [1.54, 1.807) is 12.1 Å². The lowest BCUT2D eigenvalue weighted by Gasteiger charge is -2.25. The lowest BCUT2D eigenvalue weighted by Crippen LogP contribution is -2.35. The van der Waals surface area contributed by atoms with E-state index < -0.39 is 30.2 Å². The largest absolute Gasteiger partial charge is 0.493 e. The van der Waals surface area contributed by atoms with Gasteiger partial charge in [0.25, 0.3) is 11.8 Å². The van der Waals surface area contributed by atoms with Crippen molar-refractivity contribution < 1.29 is 37.1 Å². The number of halogens is 3. The Balaban J connectivity index is 1.83. The van der Waals surface area contributed by atoms with Gasteiger partial charge in [0, 0.05) is 12.7 Å². The van der Waals surface area contributed by atoms with Gasteiger partial charge in [0.1, 0.15) is 0 Å². The minimum Gasteiger partial charge on any atom is -0.357 e. The molecule has 2 amide bonds. The third-order valence-corrected chi connectivity index (χ3v) is 3.95. The molecule has 1 aliphatic heterocycles. The summed E-state index contributed by atoms with van der Waals surface area (Å²) in [6.45, 7) is 0. The second-order valence-corrected chi connectivity index (χ2v) is 5.73. The number of anilines is 1. The highest BCUT2D eigenvalue weighted by Gasteiger charge is 2.42. The number of carbonyl (C=O) groups is 3. The van der Waals surface area contributed by atoms with E-state index in [1.807, 2.05) is 5.48 Å². The third kappa shape index (κ3) is 3.54. The van der Waals surface area contributed by atoms with Crippen molar-refractivity contribution in [1.29, 1.82) is 0 Å². The van der Waals surface area contributed by atoms with Crippen LogP contribution in [0.15, 0.2) is 48.5 Å². The molecule has 2 aromatic carbocycles. The van der Waals surface area contributed by atoms with E-state index in [2.05, 4.69) is 4.84 Å². The highest BCUT2D eigenvalue weighted by molar-refractivity contribution is 6.21. The number of benzene rings is 2. The fraction of sp³-hybridized carbons (Fsp3) is 0.167. The zero-order valence-electron chi connectivity index (χ0n) is 14.3. The van der Waals surface area contributed by atoms with Gasteiger partial charge in [-0.15, -0.1) is 0 Å². The van der Waals surface area contributed by atoms with Gasteiger partial charge in [0.05, 0.1) is 16.8 Å². The molecule has 1 heterocycles. The number of carbonyl (C=O) groups excluding carboxylic acids is 3. The van der Waals surface area contributed by atoms with Gasteiger partial charge in [-0.1, -0.05) is 24.3 Å².